The van der Waals surface area contributed by atoms with Crippen LogP contribution in [0.1, 0.15) is 32.6 Å². The summed E-state index contributed by atoms with van der Waals surface area (Å²) in [4.78, 5) is 16.2. The number of fused-ring (bicyclic) bond motifs is 2. The highest BCUT2D eigenvalue weighted by molar-refractivity contribution is 6.32. The monoisotopic (exact) mass is 370 g/mol. The van der Waals surface area contributed by atoms with Crippen LogP contribution in [-0.4, -0.2) is 37.5 Å². The lowest BCUT2D eigenvalue weighted by atomic mass is 9.63. The van der Waals surface area contributed by atoms with Gasteiger partial charge in [-0.2, -0.15) is 20.3 Å². The maximum Gasteiger partial charge on any atom is 0.322 e. The summed E-state index contributed by atoms with van der Waals surface area (Å²) in [5, 5.41) is 20.8. The fourth-order valence-electron chi connectivity index (χ4n) is 4.50. The first-order valence-corrected chi connectivity index (χ1v) is 9.04. The topological polar surface area (TPSA) is 86.8 Å². The van der Waals surface area contributed by atoms with Crippen LogP contribution in [0.2, 0.25) is 5.02 Å². The van der Waals surface area contributed by atoms with E-state index in [1.54, 1.807) is 30.6 Å². The van der Waals surface area contributed by atoms with Gasteiger partial charge in [-0.05, 0) is 43.4 Å². The fourth-order valence-corrected chi connectivity index (χ4v) is 4.69. The number of hydrogen-bond donors (Lipinski definition) is 1. The van der Waals surface area contributed by atoms with Gasteiger partial charge < -0.3 is 10.2 Å². The molecule has 26 heavy (non-hydrogen) atoms. The summed E-state index contributed by atoms with van der Waals surface area (Å²) in [6, 6.07) is 7.52. The van der Waals surface area contributed by atoms with Crippen LogP contribution in [0.15, 0.2) is 30.6 Å². The molecular weight excluding hydrogens is 352 g/mol. The first kappa shape index (κ1) is 16.9. The molecule has 1 aromatic heterocycles. The van der Waals surface area contributed by atoms with E-state index >= 15 is 0 Å². The van der Waals surface area contributed by atoms with Crippen LogP contribution in [0.3, 0.4) is 0 Å². The van der Waals surface area contributed by atoms with Gasteiger partial charge in [-0.25, -0.2) is 4.79 Å². The number of nitrogens with one attached hydrogen (secondary N) is 1. The molecule has 1 aliphatic carbocycles. The molecule has 2 amide bonds. The van der Waals surface area contributed by atoms with Gasteiger partial charge in [0.1, 0.15) is 5.69 Å². The highest BCUT2D eigenvalue weighted by Gasteiger charge is 2.57. The number of nitriles is 1. The van der Waals surface area contributed by atoms with Gasteiger partial charge >= 0.3 is 6.03 Å². The van der Waals surface area contributed by atoms with Gasteiger partial charge in [0.15, 0.2) is 0 Å². The van der Waals surface area contributed by atoms with E-state index in [-0.39, 0.29) is 17.6 Å². The second-order valence-electron chi connectivity index (χ2n) is 7.25. The summed E-state index contributed by atoms with van der Waals surface area (Å²) in [7, 11) is 0. The first-order valence-electron chi connectivity index (χ1n) is 8.66. The maximum absolute atomic E-state index is 12.9. The van der Waals surface area contributed by atoms with Crippen molar-refractivity contribution in [3.05, 3.63) is 35.6 Å². The van der Waals surface area contributed by atoms with Crippen molar-refractivity contribution in [2.24, 2.45) is 5.92 Å². The van der Waals surface area contributed by atoms with Crippen molar-refractivity contribution in [2.75, 3.05) is 5.32 Å². The zero-order valence-corrected chi connectivity index (χ0v) is 15.1. The Morgan fingerprint density at radius 3 is 2.92 bits per heavy atom. The van der Waals surface area contributed by atoms with E-state index in [0.717, 1.165) is 19.3 Å². The average molecular weight is 371 g/mol. The third-order valence-electron chi connectivity index (χ3n) is 5.35. The number of rotatable bonds is 3. The minimum Gasteiger partial charge on any atom is -0.315 e. The molecule has 3 atom stereocenters. The van der Waals surface area contributed by atoms with E-state index in [9.17, 15) is 10.1 Å². The smallest absolute Gasteiger partial charge is 0.315 e. The van der Waals surface area contributed by atoms with Crippen molar-refractivity contribution in [1.29, 1.82) is 5.26 Å². The highest BCUT2D eigenvalue weighted by atomic mass is 35.5. The molecule has 0 radical (unpaired) electrons. The number of aromatic nitrogens is 3. The van der Waals surface area contributed by atoms with Crippen LogP contribution in [0.4, 0.5) is 10.5 Å². The number of amides is 2. The van der Waals surface area contributed by atoms with Crippen LogP contribution in [0, 0.1) is 17.2 Å². The van der Waals surface area contributed by atoms with Crippen molar-refractivity contribution in [3.63, 3.8) is 0 Å². The maximum atomic E-state index is 12.9. The van der Waals surface area contributed by atoms with Gasteiger partial charge in [0.25, 0.3) is 0 Å². The molecule has 5 rings (SSSR count). The lowest BCUT2D eigenvalue weighted by molar-refractivity contribution is -0.0864. The van der Waals surface area contributed by atoms with Gasteiger partial charge in [0.05, 0.1) is 35.4 Å². The number of carbonyl (C=O) groups is 1. The SMILES string of the molecule is C[C@@H]1C[C@H]2C[C@@](CC#N)(C1)N2C(=O)Nc1ccc(Cl)c(-n2nccn2)c1. The normalized spacial score (nSPS) is 26.7. The van der Waals surface area contributed by atoms with Gasteiger partial charge in [0.2, 0.25) is 0 Å². The van der Waals surface area contributed by atoms with Crippen LogP contribution in [-0.2, 0) is 0 Å². The molecule has 3 fully saturated rings. The first-order chi connectivity index (χ1) is 12.5. The molecule has 2 bridgehead atoms. The van der Waals surface area contributed by atoms with Crippen molar-refractivity contribution < 1.29 is 4.79 Å². The van der Waals surface area contributed by atoms with Crippen LogP contribution >= 0.6 is 11.6 Å². The molecule has 1 aromatic carbocycles. The molecular formula is C18H19ClN6O. The molecule has 1 N–H and O–H groups in total. The zero-order chi connectivity index (χ0) is 18.3. The quantitative estimate of drug-likeness (QED) is 0.894. The van der Waals surface area contributed by atoms with Gasteiger partial charge in [0, 0.05) is 11.7 Å². The molecule has 2 saturated heterocycles. The minimum atomic E-state index is -0.319. The van der Waals surface area contributed by atoms with Crippen molar-refractivity contribution in [3.8, 4) is 11.8 Å². The third kappa shape index (κ3) is 2.71. The Bertz CT molecular complexity index is 876. The summed E-state index contributed by atoms with van der Waals surface area (Å²) in [6.45, 7) is 2.19. The van der Waals surface area contributed by atoms with Crippen molar-refractivity contribution >= 4 is 23.3 Å². The molecule has 0 unspecified atom stereocenters. The van der Waals surface area contributed by atoms with E-state index in [2.05, 4.69) is 28.5 Å². The number of benzene rings is 1. The van der Waals surface area contributed by atoms with Crippen LogP contribution in [0.5, 0.6) is 0 Å². The summed E-state index contributed by atoms with van der Waals surface area (Å²) < 4.78 is 0. The standard InChI is InChI=1S/C18H19ClN6O/c1-12-8-14-11-18(10-12,4-5-20)24(14)17(26)23-13-2-3-15(19)16(9-13)25-21-6-7-22-25/h2-3,6-7,9,12,14H,4,8,10-11H2,1H3,(H,23,26)/t12-,14+,18-/m1/s1. The molecule has 3 heterocycles. The van der Waals surface area contributed by atoms with Crippen molar-refractivity contribution in [1.82, 2.24) is 19.9 Å². The summed E-state index contributed by atoms with van der Waals surface area (Å²) >= 11 is 6.22. The zero-order valence-electron chi connectivity index (χ0n) is 14.4. The second-order valence-corrected chi connectivity index (χ2v) is 7.65. The Morgan fingerprint density at radius 2 is 2.19 bits per heavy atom. The van der Waals surface area contributed by atoms with E-state index in [4.69, 9.17) is 11.6 Å². The number of nitrogens with zero attached hydrogens (tertiary/aromatic N) is 5. The van der Waals surface area contributed by atoms with E-state index < -0.39 is 0 Å². The molecule has 1 saturated carbocycles. The fraction of sp³-hybridized carbons (Fsp3) is 0.444. The molecule has 2 aliphatic heterocycles. The Balaban J connectivity index is 1.56. The summed E-state index contributed by atoms with van der Waals surface area (Å²) in [5.74, 6) is 0.541. The number of anilines is 1. The predicted octanol–water partition coefficient (Wildman–Crippen LogP) is 3.61. The Hall–Kier alpha value is -2.59. The number of carbonyl (C=O) groups excluding carboxylic acids is 1. The summed E-state index contributed by atoms with van der Waals surface area (Å²) in [6.07, 6.45) is 6.30. The van der Waals surface area contributed by atoms with E-state index in [1.807, 2.05) is 4.90 Å². The Labute approximate surface area is 156 Å². The number of urea groups is 1. The third-order valence-corrected chi connectivity index (χ3v) is 5.67. The molecule has 2 aromatic rings. The molecule has 0 spiro atoms. The van der Waals surface area contributed by atoms with E-state index in [0.29, 0.717) is 28.7 Å². The molecule has 134 valence electrons. The molecule has 7 nitrogen and oxygen atoms in total. The van der Waals surface area contributed by atoms with E-state index in [1.165, 1.54) is 4.80 Å². The van der Waals surface area contributed by atoms with Gasteiger partial charge in [-0.15, -0.1) is 0 Å². The highest BCUT2D eigenvalue weighted by Crippen LogP contribution is 2.51. The minimum absolute atomic E-state index is 0.162. The van der Waals surface area contributed by atoms with Crippen molar-refractivity contribution in [2.45, 2.75) is 44.2 Å². The lowest BCUT2D eigenvalue weighted by Crippen LogP contribution is -2.72. The largest absolute Gasteiger partial charge is 0.322 e. The number of piperidine rings is 1. The second kappa shape index (κ2) is 6.29. The lowest BCUT2D eigenvalue weighted by Gasteiger charge is -2.62. The molecule has 8 heteroatoms. The summed E-state index contributed by atoms with van der Waals surface area (Å²) in [5.41, 5.74) is 0.899. The predicted molar refractivity (Wildman–Crippen MR) is 97.0 cm³/mol. The average Bonchev–Trinajstić information content (AvgIpc) is 3.10. The Morgan fingerprint density at radius 1 is 1.42 bits per heavy atom. The molecule has 3 aliphatic rings. The van der Waals surface area contributed by atoms with Crippen LogP contribution in [0.25, 0.3) is 5.69 Å². The van der Waals surface area contributed by atoms with Gasteiger partial charge in [-0.3, -0.25) is 0 Å². The number of hydrogen-bond acceptors (Lipinski definition) is 4. The number of halogens is 1. The van der Waals surface area contributed by atoms with Gasteiger partial charge in [-0.1, -0.05) is 18.5 Å². The Kier molecular flexibility index (Phi) is 4.08. The van der Waals surface area contributed by atoms with Crippen LogP contribution < -0.4 is 5.32 Å².